The molecule has 21 heavy (non-hydrogen) atoms. The number of aromatic nitrogens is 1. The Labute approximate surface area is 125 Å². The Hall–Kier alpha value is -1.40. The van der Waals surface area contributed by atoms with E-state index >= 15 is 0 Å². The predicted molar refractivity (Wildman–Crippen MR) is 76.6 cm³/mol. The average molecular weight is 293 g/mol. The Morgan fingerprint density at radius 1 is 1.43 bits per heavy atom. The molecule has 2 aliphatic heterocycles. The summed E-state index contributed by atoms with van der Waals surface area (Å²) in [4.78, 5) is 16.4. The van der Waals surface area contributed by atoms with E-state index in [1.54, 1.807) is 0 Å². The highest BCUT2D eigenvalue weighted by Crippen LogP contribution is 2.23. The zero-order chi connectivity index (χ0) is 14.8. The van der Waals surface area contributed by atoms with E-state index in [0.717, 1.165) is 49.2 Å². The maximum atomic E-state index is 12.4. The molecule has 6 nitrogen and oxygen atoms in total. The van der Waals surface area contributed by atoms with E-state index in [4.69, 9.17) is 9.26 Å². The number of likely N-dealkylation sites (N-methyl/N-ethyl adjacent to an activating group) is 2. The molecule has 3 rings (SSSR count). The van der Waals surface area contributed by atoms with Gasteiger partial charge in [-0.25, -0.2) is 0 Å². The summed E-state index contributed by atoms with van der Waals surface area (Å²) < 4.78 is 10.9. The third kappa shape index (κ3) is 2.96. The van der Waals surface area contributed by atoms with Gasteiger partial charge in [-0.1, -0.05) is 5.16 Å². The molecular weight excluding hydrogens is 270 g/mol. The Morgan fingerprint density at radius 2 is 2.29 bits per heavy atom. The highest BCUT2D eigenvalue weighted by Gasteiger charge is 2.30. The van der Waals surface area contributed by atoms with Crippen LogP contribution in [-0.2, 0) is 29.1 Å². The Kier molecular flexibility index (Phi) is 4.26. The molecule has 0 bridgehead atoms. The van der Waals surface area contributed by atoms with E-state index in [0.29, 0.717) is 19.8 Å². The normalized spacial score (nSPS) is 23.3. The van der Waals surface area contributed by atoms with Crippen molar-refractivity contribution in [3.63, 3.8) is 0 Å². The first-order valence-electron chi connectivity index (χ1n) is 7.66. The van der Waals surface area contributed by atoms with Gasteiger partial charge < -0.3 is 14.2 Å². The van der Waals surface area contributed by atoms with E-state index < -0.39 is 0 Å². The lowest BCUT2D eigenvalue weighted by Gasteiger charge is -2.28. The quantitative estimate of drug-likeness (QED) is 0.838. The number of carbonyl (C=O) groups excluding carboxylic acids is 1. The standard InChI is InChI=1S/C15H23N3O3/c1-17-7-4-3-5-13(15(17)19)18(2)9-12-11-10-20-8-6-14(11)21-16-12/h13H,3-10H2,1-2H3/t13-/m0/s1. The molecule has 0 radical (unpaired) electrons. The van der Waals surface area contributed by atoms with Crippen molar-refractivity contribution in [1.82, 2.24) is 15.0 Å². The highest BCUT2D eigenvalue weighted by molar-refractivity contribution is 5.81. The number of carbonyl (C=O) groups is 1. The lowest BCUT2D eigenvalue weighted by Crippen LogP contribution is -2.44. The minimum Gasteiger partial charge on any atom is -0.376 e. The van der Waals surface area contributed by atoms with Crippen LogP contribution in [0.25, 0.3) is 0 Å². The summed E-state index contributed by atoms with van der Waals surface area (Å²) in [6, 6.07) is -0.0608. The van der Waals surface area contributed by atoms with Crippen molar-refractivity contribution < 1.29 is 14.1 Å². The van der Waals surface area contributed by atoms with E-state index in [9.17, 15) is 4.79 Å². The Balaban J connectivity index is 1.72. The van der Waals surface area contributed by atoms with Crippen LogP contribution in [0, 0.1) is 0 Å². The summed E-state index contributed by atoms with van der Waals surface area (Å²) in [5.41, 5.74) is 1.98. The molecule has 1 fully saturated rings. The SMILES string of the molecule is CN1CCCC[C@H](N(C)Cc2noc3c2COCC3)C1=O. The van der Waals surface area contributed by atoms with E-state index in [1.165, 1.54) is 0 Å². The molecule has 2 aliphatic rings. The third-order valence-electron chi connectivity index (χ3n) is 4.48. The summed E-state index contributed by atoms with van der Waals surface area (Å²) in [5.74, 6) is 1.15. The molecule has 0 N–H and O–H groups in total. The van der Waals surface area contributed by atoms with E-state index in [1.807, 2.05) is 19.0 Å². The molecule has 1 aromatic rings. The van der Waals surface area contributed by atoms with Crippen molar-refractivity contribution in [2.75, 3.05) is 27.2 Å². The van der Waals surface area contributed by atoms with E-state index in [2.05, 4.69) is 10.1 Å². The molecular formula is C15H23N3O3. The second kappa shape index (κ2) is 6.15. The zero-order valence-electron chi connectivity index (χ0n) is 12.8. The van der Waals surface area contributed by atoms with Crippen molar-refractivity contribution in [3.8, 4) is 0 Å². The van der Waals surface area contributed by atoms with Crippen LogP contribution in [-0.4, -0.2) is 54.2 Å². The van der Waals surface area contributed by atoms with Gasteiger partial charge in [-0.15, -0.1) is 0 Å². The van der Waals surface area contributed by atoms with Crippen molar-refractivity contribution in [2.45, 2.75) is 44.9 Å². The molecule has 0 aliphatic carbocycles. The molecule has 3 heterocycles. The number of amides is 1. The van der Waals surface area contributed by atoms with Crippen molar-refractivity contribution in [1.29, 1.82) is 0 Å². The summed E-state index contributed by atoms with van der Waals surface area (Å²) in [6.07, 6.45) is 3.87. The number of likely N-dealkylation sites (tertiary alicyclic amines) is 1. The number of ether oxygens (including phenoxy) is 1. The van der Waals surface area contributed by atoms with Gasteiger partial charge in [-0.2, -0.15) is 0 Å². The first-order valence-corrected chi connectivity index (χ1v) is 7.66. The number of nitrogens with zero attached hydrogens (tertiary/aromatic N) is 3. The zero-order valence-corrected chi connectivity index (χ0v) is 12.8. The molecule has 0 spiro atoms. The number of hydrogen-bond acceptors (Lipinski definition) is 5. The van der Waals surface area contributed by atoms with Gasteiger partial charge in [0.25, 0.3) is 0 Å². The van der Waals surface area contributed by atoms with Gasteiger partial charge in [0.1, 0.15) is 11.5 Å². The summed E-state index contributed by atoms with van der Waals surface area (Å²) in [7, 11) is 3.88. The maximum absolute atomic E-state index is 12.4. The van der Waals surface area contributed by atoms with Gasteiger partial charge in [-0.3, -0.25) is 9.69 Å². The van der Waals surface area contributed by atoms with Crippen LogP contribution in [0.4, 0.5) is 0 Å². The van der Waals surface area contributed by atoms with Gasteiger partial charge in [0.15, 0.2) is 0 Å². The largest absolute Gasteiger partial charge is 0.376 e. The Bertz CT molecular complexity index is 514. The highest BCUT2D eigenvalue weighted by atomic mass is 16.5. The summed E-state index contributed by atoms with van der Waals surface area (Å²) in [5, 5.41) is 4.18. The topological polar surface area (TPSA) is 58.8 Å². The minimum absolute atomic E-state index is 0.0608. The first kappa shape index (κ1) is 14.5. The fourth-order valence-corrected chi connectivity index (χ4v) is 3.14. The third-order valence-corrected chi connectivity index (χ3v) is 4.48. The van der Waals surface area contributed by atoms with Crippen LogP contribution >= 0.6 is 0 Å². The van der Waals surface area contributed by atoms with Crippen LogP contribution in [0.15, 0.2) is 4.52 Å². The lowest BCUT2D eigenvalue weighted by molar-refractivity contribution is -0.134. The first-order chi connectivity index (χ1) is 10.2. The van der Waals surface area contributed by atoms with Crippen LogP contribution in [0.3, 0.4) is 0 Å². The fraction of sp³-hybridized carbons (Fsp3) is 0.733. The fourth-order valence-electron chi connectivity index (χ4n) is 3.14. The van der Waals surface area contributed by atoms with E-state index in [-0.39, 0.29) is 11.9 Å². The van der Waals surface area contributed by atoms with Crippen molar-refractivity contribution in [2.24, 2.45) is 0 Å². The molecule has 1 atom stereocenters. The lowest BCUT2D eigenvalue weighted by atomic mass is 10.1. The van der Waals surface area contributed by atoms with Gasteiger partial charge in [0.2, 0.25) is 5.91 Å². The molecule has 0 unspecified atom stereocenters. The smallest absolute Gasteiger partial charge is 0.239 e. The second-order valence-electron chi connectivity index (χ2n) is 6.02. The number of rotatable bonds is 3. The van der Waals surface area contributed by atoms with Crippen LogP contribution < -0.4 is 0 Å². The van der Waals surface area contributed by atoms with Crippen LogP contribution in [0.2, 0.25) is 0 Å². The van der Waals surface area contributed by atoms with Gasteiger partial charge in [0.05, 0.1) is 19.3 Å². The van der Waals surface area contributed by atoms with Gasteiger partial charge in [-0.05, 0) is 26.3 Å². The number of fused-ring (bicyclic) bond motifs is 1. The molecule has 1 aromatic heterocycles. The van der Waals surface area contributed by atoms with Crippen LogP contribution in [0.5, 0.6) is 0 Å². The molecule has 0 aromatic carbocycles. The minimum atomic E-state index is -0.0608. The van der Waals surface area contributed by atoms with Crippen LogP contribution in [0.1, 0.15) is 36.3 Å². The van der Waals surface area contributed by atoms with Gasteiger partial charge >= 0.3 is 0 Å². The van der Waals surface area contributed by atoms with Crippen molar-refractivity contribution >= 4 is 5.91 Å². The van der Waals surface area contributed by atoms with Gasteiger partial charge in [0, 0.05) is 32.1 Å². The monoisotopic (exact) mass is 293 g/mol. The number of hydrogen-bond donors (Lipinski definition) is 0. The molecule has 0 saturated carbocycles. The second-order valence-corrected chi connectivity index (χ2v) is 6.02. The Morgan fingerprint density at radius 3 is 3.14 bits per heavy atom. The molecule has 1 saturated heterocycles. The summed E-state index contributed by atoms with van der Waals surface area (Å²) >= 11 is 0. The van der Waals surface area contributed by atoms with Crippen molar-refractivity contribution in [3.05, 3.63) is 17.0 Å². The molecule has 1 amide bonds. The molecule has 6 heteroatoms. The maximum Gasteiger partial charge on any atom is 0.239 e. The average Bonchev–Trinajstić information content (AvgIpc) is 2.81. The predicted octanol–water partition coefficient (Wildman–Crippen LogP) is 1.19. The summed E-state index contributed by atoms with van der Waals surface area (Å²) in [6.45, 7) is 2.76. The molecule has 116 valence electrons.